The number of aliphatic hydroxyl groups is 1. The minimum atomic E-state index is -0.997. The Balaban J connectivity index is 1.83. The van der Waals surface area contributed by atoms with Crippen molar-refractivity contribution in [2.24, 2.45) is 0 Å². The average Bonchev–Trinajstić information content (AvgIpc) is 2.82. The van der Waals surface area contributed by atoms with Crippen molar-refractivity contribution in [1.29, 1.82) is 0 Å². The van der Waals surface area contributed by atoms with Gasteiger partial charge in [-0.3, -0.25) is 4.79 Å². The summed E-state index contributed by atoms with van der Waals surface area (Å²) in [5, 5.41) is 12.4. The Hall–Kier alpha value is -1.17. The summed E-state index contributed by atoms with van der Waals surface area (Å²) in [6.07, 6.45) is 3.65. The SMILES string of the molecule is O=c1ccc2ccc(Br)c3c2n1CC3(O)CN1CCCCC1. The van der Waals surface area contributed by atoms with Gasteiger partial charge in [-0.05, 0) is 43.5 Å². The molecule has 116 valence electrons. The van der Waals surface area contributed by atoms with E-state index in [4.69, 9.17) is 0 Å². The topological polar surface area (TPSA) is 45.5 Å². The van der Waals surface area contributed by atoms with Crippen LogP contribution in [0.3, 0.4) is 0 Å². The van der Waals surface area contributed by atoms with Crippen molar-refractivity contribution >= 4 is 26.8 Å². The minimum Gasteiger partial charge on any atom is -0.382 e. The first kappa shape index (κ1) is 14.4. The van der Waals surface area contributed by atoms with Crippen molar-refractivity contribution in [3.8, 4) is 0 Å². The van der Waals surface area contributed by atoms with Crippen molar-refractivity contribution in [3.05, 3.63) is 44.7 Å². The molecule has 0 bridgehead atoms. The Morgan fingerprint density at radius 1 is 1.14 bits per heavy atom. The van der Waals surface area contributed by atoms with Gasteiger partial charge in [0, 0.05) is 22.6 Å². The normalized spacial score (nSPS) is 25.0. The van der Waals surface area contributed by atoms with E-state index < -0.39 is 5.60 Å². The van der Waals surface area contributed by atoms with E-state index in [0.29, 0.717) is 13.1 Å². The molecule has 1 fully saturated rings. The smallest absolute Gasteiger partial charge is 0.251 e. The van der Waals surface area contributed by atoms with Gasteiger partial charge in [0.2, 0.25) is 0 Å². The molecule has 1 aromatic carbocycles. The summed E-state index contributed by atoms with van der Waals surface area (Å²) in [6, 6.07) is 7.40. The number of likely N-dealkylation sites (tertiary alicyclic amines) is 1. The zero-order valence-electron chi connectivity index (χ0n) is 12.4. The number of β-amino-alcohol motifs (C(OH)–C–C–N with tert-alkyl or cyclic N) is 1. The van der Waals surface area contributed by atoms with Gasteiger partial charge in [-0.25, -0.2) is 0 Å². The number of hydrogen-bond donors (Lipinski definition) is 1. The number of aromatic nitrogens is 1. The highest BCUT2D eigenvalue weighted by molar-refractivity contribution is 9.10. The van der Waals surface area contributed by atoms with Gasteiger partial charge in [-0.15, -0.1) is 0 Å². The standard InChI is InChI=1S/C17H19BrN2O2/c18-13-6-4-12-5-7-14(21)20-11-17(22,15(13)16(12)20)10-19-8-2-1-3-9-19/h4-7,22H,1-3,8-11H2. The number of halogens is 1. The Morgan fingerprint density at radius 2 is 1.86 bits per heavy atom. The number of benzene rings is 1. The zero-order valence-corrected chi connectivity index (χ0v) is 14.0. The van der Waals surface area contributed by atoms with Crippen LogP contribution in [0.5, 0.6) is 0 Å². The molecule has 4 nitrogen and oxygen atoms in total. The fourth-order valence-corrected chi connectivity index (χ4v) is 4.61. The summed E-state index contributed by atoms with van der Waals surface area (Å²) in [5.74, 6) is 0. The van der Waals surface area contributed by atoms with Gasteiger partial charge in [0.15, 0.2) is 0 Å². The molecule has 0 aliphatic carbocycles. The second-order valence-electron chi connectivity index (χ2n) is 6.49. The number of nitrogens with zero attached hydrogens (tertiary/aromatic N) is 2. The molecular weight excluding hydrogens is 344 g/mol. The van der Waals surface area contributed by atoms with E-state index in [-0.39, 0.29) is 5.56 Å². The summed E-state index contributed by atoms with van der Waals surface area (Å²) in [7, 11) is 0. The average molecular weight is 363 g/mol. The third-order valence-electron chi connectivity index (χ3n) is 4.92. The fraction of sp³-hybridized carbons (Fsp3) is 0.471. The third kappa shape index (κ3) is 2.14. The lowest BCUT2D eigenvalue weighted by Gasteiger charge is -2.34. The van der Waals surface area contributed by atoms with Gasteiger partial charge in [0.25, 0.3) is 5.56 Å². The summed E-state index contributed by atoms with van der Waals surface area (Å²) >= 11 is 3.58. The van der Waals surface area contributed by atoms with E-state index >= 15 is 0 Å². The van der Waals surface area contributed by atoms with E-state index in [1.54, 1.807) is 10.6 Å². The predicted octanol–water partition coefficient (Wildman–Crippen LogP) is 2.45. The molecule has 22 heavy (non-hydrogen) atoms. The molecule has 1 aromatic heterocycles. The molecule has 1 N–H and O–H groups in total. The van der Waals surface area contributed by atoms with Crippen molar-refractivity contribution in [2.75, 3.05) is 19.6 Å². The molecule has 4 rings (SSSR count). The number of rotatable bonds is 2. The quantitative estimate of drug-likeness (QED) is 0.892. The van der Waals surface area contributed by atoms with E-state index in [9.17, 15) is 9.90 Å². The molecule has 1 atom stereocenters. The van der Waals surface area contributed by atoms with E-state index in [2.05, 4.69) is 20.8 Å². The fourth-order valence-electron chi connectivity index (χ4n) is 3.93. The molecule has 1 unspecified atom stereocenters. The molecule has 2 aromatic rings. The van der Waals surface area contributed by atoms with Crippen molar-refractivity contribution < 1.29 is 5.11 Å². The number of pyridine rings is 1. The van der Waals surface area contributed by atoms with Crippen molar-refractivity contribution in [1.82, 2.24) is 9.47 Å². The second-order valence-corrected chi connectivity index (χ2v) is 7.34. The second kappa shape index (κ2) is 5.18. The van der Waals surface area contributed by atoms with Crippen molar-refractivity contribution in [3.63, 3.8) is 0 Å². The lowest BCUT2D eigenvalue weighted by Crippen LogP contribution is -2.44. The van der Waals surface area contributed by atoms with Gasteiger partial charge < -0.3 is 14.6 Å². The summed E-state index contributed by atoms with van der Waals surface area (Å²) in [5.41, 5.74) is 0.708. The molecule has 5 heteroatoms. The summed E-state index contributed by atoms with van der Waals surface area (Å²) < 4.78 is 2.61. The predicted molar refractivity (Wildman–Crippen MR) is 90.1 cm³/mol. The minimum absolute atomic E-state index is 0.0404. The highest BCUT2D eigenvalue weighted by Gasteiger charge is 2.41. The van der Waals surface area contributed by atoms with Crippen LogP contribution in [0.4, 0.5) is 0 Å². The molecule has 2 aliphatic heterocycles. The number of hydrogen-bond acceptors (Lipinski definition) is 3. The van der Waals surface area contributed by atoms with Crippen LogP contribution >= 0.6 is 15.9 Å². The first-order chi connectivity index (χ1) is 10.6. The molecule has 0 saturated carbocycles. The maximum absolute atomic E-state index is 12.2. The van der Waals surface area contributed by atoms with Gasteiger partial charge >= 0.3 is 0 Å². The largest absolute Gasteiger partial charge is 0.382 e. The van der Waals surface area contributed by atoms with Crippen LogP contribution in [0.25, 0.3) is 10.9 Å². The molecule has 2 aliphatic rings. The highest BCUT2D eigenvalue weighted by Crippen LogP contribution is 2.41. The van der Waals surface area contributed by atoms with E-state index in [1.807, 2.05) is 18.2 Å². The molecule has 0 spiro atoms. The maximum Gasteiger partial charge on any atom is 0.251 e. The lowest BCUT2D eigenvalue weighted by atomic mass is 9.93. The monoisotopic (exact) mass is 362 g/mol. The Kier molecular flexibility index (Phi) is 3.40. The Bertz CT molecular complexity index is 795. The number of piperidine rings is 1. The zero-order chi connectivity index (χ0) is 15.3. The van der Waals surface area contributed by atoms with Crippen LogP contribution in [0, 0.1) is 0 Å². The van der Waals surface area contributed by atoms with E-state index in [0.717, 1.165) is 34.0 Å². The van der Waals surface area contributed by atoms with Gasteiger partial charge in [-0.2, -0.15) is 0 Å². The van der Waals surface area contributed by atoms with Gasteiger partial charge in [0.1, 0.15) is 5.60 Å². The summed E-state index contributed by atoms with van der Waals surface area (Å²) in [6.45, 7) is 2.99. The molecule has 1 saturated heterocycles. The van der Waals surface area contributed by atoms with Crippen LogP contribution in [0.2, 0.25) is 0 Å². The van der Waals surface area contributed by atoms with Crippen LogP contribution in [-0.4, -0.2) is 34.2 Å². The first-order valence-corrected chi connectivity index (χ1v) is 8.65. The van der Waals surface area contributed by atoms with Crippen molar-refractivity contribution in [2.45, 2.75) is 31.4 Å². The Labute approximate surface area is 137 Å². The van der Waals surface area contributed by atoms with Crippen LogP contribution in [0.1, 0.15) is 24.8 Å². The third-order valence-corrected chi connectivity index (χ3v) is 5.58. The van der Waals surface area contributed by atoms with Crippen LogP contribution < -0.4 is 5.56 Å². The van der Waals surface area contributed by atoms with Crippen LogP contribution in [-0.2, 0) is 12.1 Å². The van der Waals surface area contributed by atoms with Gasteiger partial charge in [-0.1, -0.05) is 28.4 Å². The molecule has 0 radical (unpaired) electrons. The lowest BCUT2D eigenvalue weighted by molar-refractivity contribution is -0.0120. The van der Waals surface area contributed by atoms with E-state index in [1.165, 1.54) is 19.3 Å². The molecule has 0 amide bonds. The molecular formula is C17H19BrN2O2. The molecule has 3 heterocycles. The maximum atomic E-state index is 12.2. The Morgan fingerprint density at radius 3 is 2.64 bits per heavy atom. The highest BCUT2D eigenvalue weighted by atomic mass is 79.9. The first-order valence-electron chi connectivity index (χ1n) is 7.86. The summed E-state index contributed by atoms with van der Waals surface area (Å²) in [4.78, 5) is 14.5. The van der Waals surface area contributed by atoms with Crippen LogP contribution in [0.15, 0.2) is 33.5 Å². The van der Waals surface area contributed by atoms with Gasteiger partial charge in [0.05, 0.1) is 12.1 Å².